The van der Waals surface area contributed by atoms with Crippen molar-refractivity contribution in [2.45, 2.75) is 64.2 Å². The molecular formula is C32H43N7O3S. The Morgan fingerprint density at radius 3 is 2.40 bits per heavy atom. The van der Waals surface area contributed by atoms with Gasteiger partial charge in [-0.2, -0.15) is 16.9 Å². The van der Waals surface area contributed by atoms with Crippen molar-refractivity contribution in [3.63, 3.8) is 0 Å². The number of nitrogens with one attached hydrogen (secondary N) is 2. The maximum absolute atomic E-state index is 13.6. The van der Waals surface area contributed by atoms with Crippen molar-refractivity contribution >= 4 is 29.5 Å². The van der Waals surface area contributed by atoms with Crippen molar-refractivity contribution in [3.05, 3.63) is 72.1 Å². The van der Waals surface area contributed by atoms with Gasteiger partial charge >= 0.3 is 0 Å². The maximum atomic E-state index is 13.6. The minimum Gasteiger partial charge on any atom is -0.344 e. The number of hydrogen-bond acceptors (Lipinski definition) is 7. The van der Waals surface area contributed by atoms with Crippen molar-refractivity contribution in [1.82, 2.24) is 30.3 Å². The highest BCUT2D eigenvalue weighted by molar-refractivity contribution is 7.98. The maximum Gasteiger partial charge on any atom is 0.243 e. The summed E-state index contributed by atoms with van der Waals surface area (Å²) < 4.78 is 1.80. The van der Waals surface area contributed by atoms with E-state index in [1.165, 1.54) is 0 Å². The number of nitrogens with two attached hydrogens (primary N) is 1. The van der Waals surface area contributed by atoms with E-state index < -0.39 is 18.1 Å². The third-order valence-electron chi connectivity index (χ3n) is 7.58. The predicted octanol–water partition coefficient (Wildman–Crippen LogP) is 3.19. The van der Waals surface area contributed by atoms with Gasteiger partial charge in [0.2, 0.25) is 17.7 Å². The van der Waals surface area contributed by atoms with Gasteiger partial charge < -0.3 is 21.3 Å². The van der Waals surface area contributed by atoms with Crippen LogP contribution in [-0.4, -0.2) is 74.6 Å². The molecule has 0 radical (unpaired) electrons. The van der Waals surface area contributed by atoms with Gasteiger partial charge in [-0.3, -0.25) is 14.4 Å². The fraction of sp³-hybridized carbons (Fsp3) is 0.469. The van der Waals surface area contributed by atoms with Gasteiger partial charge in [-0.25, -0.2) is 9.67 Å². The second kappa shape index (κ2) is 15.7. The number of amides is 3. The van der Waals surface area contributed by atoms with Crippen LogP contribution in [0.3, 0.4) is 0 Å². The van der Waals surface area contributed by atoms with E-state index in [1.54, 1.807) is 21.3 Å². The highest BCUT2D eigenvalue weighted by Gasteiger charge is 2.30. The molecule has 0 unspecified atom stereocenters. The molecule has 0 saturated heterocycles. The SMILES string of the molecule is CSCC[C@@H]1NC(=O)CCCN(C(=O)[C@@H](N)Cc2ccccc2)CCn2nc(-c3ccccc3)nc2[C@@H](C(C)C)NC1=O. The molecule has 43 heavy (non-hydrogen) atoms. The molecule has 11 heteroatoms. The smallest absolute Gasteiger partial charge is 0.243 e. The van der Waals surface area contributed by atoms with Gasteiger partial charge in [0.05, 0.1) is 18.6 Å². The van der Waals surface area contributed by atoms with E-state index in [2.05, 4.69) is 10.6 Å². The molecule has 1 aliphatic rings. The van der Waals surface area contributed by atoms with Crippen LogP contribution in [0.4, 0.5) is 0 Å². The quantitative estimate of drug-likeness (QED) is 0.359. The molecule has 0 bridgehead atoms. The first-order valence-corrected chi connectivity index (χ1v) is 16.3. The summed E-state index contributed by atoms with van der Waals surface area (Å²) in [5.74, 6) is 1.24. The minimum atomic E-state index is -0.719. The lowest BCUT2D eigenvalue weighted by molar-refractivity contribution is -0.133. The van der Waals surface area contributed by atoms with Gasteiger partial charge in [0.15, 0.2) is 11.6 Å². The number of nitrogens with zero attached hydrogens (tertiary/aromatic N) is 4. The van der Waals surface area contributed by atoms with E-state index in [0.717, 1.165) is 16.9 Å². The van der Waals surface area contributed by atoms with E-state index in [0.29, 0.717) is 50.5 Å². The number of fused-ring (bicyclic) bond motifs is 1. The summed E-state index contributed by atoms with van der Waals surface area (Å²) in [5.41, 5.74) is 8.28. The van der Waals surface area contributed by atoms with E-state index in [1.807, 2.05) is 80.8 Å². The van der Waals surface area contributed by atoms with Gasteiger partial charge in [-0.1, -0.05) is 74.5 Å². The van der Waals surface area contributed by atoms with Gasteiger partial charge in [0, 0.05) is 25.1 Å². The van der Waals surface area contributed by atoms with Crippen LogP contribution in [-0.2, 0) is 27.3 Å². The summed E-state index contributed by atoms with van der Waals surface area (Å²) in [7, 11) is 0. The summed E-state index contributed by atoms with van der Waals surface area (Å²) in [5, 5.41) is 10.9. The lowest BCUT2D eigenvalue weighted by Gasteiger charge is -2.29. The average molecular weight is 606 g/mol. The zero-order valence-corrected chi connectivity index (χ0v) is 26.1. The van der Waals surface area contributed by atoms with Crippen LogP contribution < -0.4 is 16.4 Å². The number of rotatable bonds is 8. The molecule has 4 N–H and O–H groups in total. The highest BCUT2D eigenvalue weighted by Crippen LogP contribution is 2.25. The van der Waals surface area contributed by atoms with Crippen molar-refractivity contribution in [2.75, 3.05) is 25.1 Å². The fourth-order valence-corrected chi connectivity index (χ4v) is 5.65. The van der Waals surface area contributed by atoms with Crippen LogP contribution in [0.15, 0.2) is 60.7 Å². The summed E-state index contributed by atoms with van der Waals surface area (Å²) in [4.78, 5) is 46.8. The minimum absolute atomic E-state index is 0.0163. The van der Waals surface area contributed by atoms with Crippen LogP contribution >= 0.6 is 11.8 Å². The first-order chi connectivity index (χ1) is 20.8. The number of benzene rings is 2. The second-order valence-corrected chi connectivity index (χ2v) is 12.2. The van der Waals surface area contributed by atoms with Crippen LogP contribution in [0, 0.1) is 5.92 Å². The molecule has 2 heterocycles. The second-order valence-electron chi connectivity index (χ2n) is 11.2. The Morgan fingerprint density at radius 2 is 1.72 bits per heavy atom. The number of hydrogen-bond donors (Lipinski definition) is 3. The van der Waals surface area contributed by atoms with Crippen molar-refractivity contribution < 1.29 is 14.4 Å². The Labute approximate surface area is 258 Å². The number of thioether (sulfide) groups is 1. The molecule has 3 amide bonds. The lowest BCUT2D eigenvalue weighted by Crippen LogP contribution is -2.50. The Bertz CT molecular complexity index is 1350. The summed E-state index contributed by atoms with van der Waals surface area (Å²) in [6, 6.07) is 17.5. The monoisotopic (exact) mass is 605 g/mol. The fourth-order valence-electron chi connectivity index (χ4n) is 5.18. The Hall–Kier alpha value is -3.70. The molecule has 4 rings (SSSR count). The first-order valence-electron chi connectivity index (χ1n) is 14.9. The van der Waals surface area contributed by atoms with Gasteiger partial charge in [-0.15, -0.1) is 0 Å². The Kier molecular flexibility index (Phi) is 11.7. The zero-order valence-electron chi connectivity index (χ0n) is 25.2. The van der Waals surface area contributed by atoms with Gasteiger partial charge in [-0.05, 0) is 42.8 Å². The largest absolute Gasteiger partial charge is 0.344 e. The number of aromatic nitrogens is 3. The molecule has 10 nitrogen and oxygen atoms in total. The normalized spacial score (nSPS) is 19.2. The van der Waals surface area contributed by atoms with Crippen LogP contribution in [0.2, 0.25) is 0 Å². The molecule has 1 aliphatic heterocycles. The van der Waals surface area contributed by atoms with Crippen LogP contribution in [0.25, 0.3) is 11.4 Å². The molecular weight excluding hydrogens is 562 g/mol. The third-order valence-corrected chi connectivity index (χ3v) is 8.22. The Morgan fingerprint density at radius 1 is 1.02 bits per heavy atom. The van der Waals surface area contributed by atoms with E-state index >= 15 is 0 Å². The zero-order chi connectivity index (χ0) is 30.8. The summed E-state index contributed by atoms with van der Waals surface area (Å²) in [6.45, 7) is 5.09. The number of carbonyl (C=O) groups is 3. The summed E-state index contributed by atoms with van der Waals surface area (Å²) >= 11 is 1.62. The molecule has 0 aliphatic carbocycles. The third kappa shape index (κ3) is 8.90. The predicted molar refractivity (Wildman–Crippen MR) is 170 cm³/mol. The standard InChI is InChI=1S/C32H43N7O3S/c1-22(2)28-30-36-29(24-13-8-5-9-14-24)37-39(30)19-18-38(32(42)25(33)21-23-11-6-4-7-12-23)17-10-15-27(40)34-26(16-20-43-3)31(41)35-28/h4-9,11-14,22,25-26,28H,10,15-21,33H2,1-3H3,(H,34,40)(H,35,41)/t25-,26-,28+/m0/s1. The lowest BCUT2D eigenvalue weighted by atomic mass is 10.0. The molecule has 1 aromatic heterocycles. The van der Waals surface area contributed by atoms with Crippen molar-refractivity contribution in [2.24, 2.45) is 11.7 Å². The molecule has 3 atom stereocenters. The highest BCUT2D eigenvalue weighted by atomic mass is 32.2. The van der Waals surface area contributed by atoms with E-state index in [9.17, 15) is 14.4 Å². The molecule has 0 spiro atoms. The number of carbonyl (C=O) groups excluding carboxylic acids is 3. The van der Waals surface area contributed by atoms with Gasteiger partial charge in [0.25, 0.3) is 0 Å². The van der Waals surface area contributed by atoms with Crippen molar-refractivity contribution in [3.8, 4) is 11.4 Å². The molecule has 2 aromatic carbocycles. The van der Waals surface area contributed by atoms with Crippen molar-refractivity contribution in [1.29, 1.82) is 0 Å². The molecule has 230 valence electrons. The Balaban J connectivity index is 1.68. The molecule has 0 saturated carbocycles. The van der Waals surface area contributed by atoms with Crippen LogP contribution in [0.1, 0.15) is 50.5 Å². The summed E-state index contributed by atoms with van der Waals surface area (Å²) in [6.07, 6.45) is 3.54. The first kappa shape index (κ1) is 32.2. The van der Waals surface area contributed by atoms with Gasteiger partial charge in [0.1, 0.15) is 6.04 Å². The van der Waals surface area contributed by atoms with Crippen LogP contribution in [0.5, 0.6) is 0 Å². The van der Waals surface area contributed by atoms with E-state index in [-0.39, 0.29) is 30.1 Å². The topological polar surface area (TPSA) is 135 Å². The molecule has 3 aromatic rings. The van der Waals surface area contributed by atoms with E-state index in [4.69, 9.17) is 15.8 Å². The average Bonchev–Trinajstić information content (AvgIpc) is 3.43. The molecule has 0 fully saturated rings.